The summed E-state index contributed by atoms with van der Waals surface area (Å²) in [5.41, 5.74) is 3.91. The second-order valence-corrected chi connectivity index (χ2v) is 6.47. The van der Waals surface area contributed by atoms with Gasteiger partial charge in [-0.05, 0) is 46.3 Å². The molecule has 0 fully saturated rings. The Kier molecular flexibility index (Phi) is 5.02. The Hall–Kier alpha value is -3.66. The number of methoxy groups -OCH3 is 1. The van der Waals surface area contributed by atoms with Crippen molar-refractivity contribution in [1.82, 2.24) is 10.3 Å². The van der Waals surface area contributed by atoms with Crippen molar-refractivity contribution in [2.24, 2.45) is 0 Å². The number of nitrogens with zero attached hydrogens (tertiary/aromatic N) is 1. The maximum absolute atomic E-state index is 12.5. The average Bonchev–Trinajstić information content (AvgIpc) is 2.77. The quantitative estimate of drug-likeness (QED) is 0.548. The van der Waals surface area contributed by atoms with Gasteiger partial charge in [-0.3, -0.25) is 9.78 Å². The minimum absolute atomic E-state index is 0.136. The monoisotopic (exact) mass is 368 g/mol. The Balaban J connectivity index is 1.62. The first-order valence-electron chi connectivity index (χ1n) is 9.09. The van der Waals surface area contributed by atoms with E-state index in [1.807, 2.05) is 42.6 Å². The zero-order valence-corrected chi connectivity index (χ0v) is 15.6. The van der Waals surface area contributed by atoms with Crippen molar-refractivity contribution in [3.05, 3.63) is 96.3 Å². The molecule has 1 aromatic heterocycles. The number of fused-ring (bicyclic) bond motifs is 1. The molecule has 1 heterocycles. The van der Waals surface area contributed by atoms with Gasteiger partial charge in [0.15, 0.2) is 0 Å². The van der Waals surface area contributed by atoms with Crippen molar-refractivity contribution >= 4 is 16.7 Å². The third-order valence-corrected chi connectivity index (χ3v) is 4.76. The number of amides is 1. The predicted molar refractivity (Wildman–Crippen MR) is 111 cm³/mol. The lowest BCUT2D eigenvalue weighted by molar-refractivity contribution is 0.0950. The molecule has 138 valence electrons. The van der Waals surface area contributed by atoms with Gasteiger partial charge in [0, 0.05) is 29.9 Å². The number of carbonyl (C=O) groups excluding carboxylic acids is 1. The van der Waals surface area contributed by atoms with Crippen LogP contribution in [0.5, 0.6) is 5.75 Å². The van der Waals surface area contributed by atoms with Crippen LogP contribution in [0.3, 0.4) is 0 Å². The van der Waals surface area contributed by atoms with Crippen molar-refractivity contribution < 1.29 is 9.53 Å². The van der Waals surface area contributed by atoms with Gasteiger partial charge in [-0.2, -0.15) is 0 Å². The summed E-state index contributed by atoms with van der Waals surface area (Å²) in [6.45, 7) is 0.424. The van der Waals surface area contributed by atoms with Gasteiger partial charge in [-0.15, -0.1) is 0 Å². The smallest absolute Gasteiger partial charge is 0.251 e. The third kappa shape index (κ3) is 3.58. The van der Waals surface area contributed by atoms with Crippen LogP contribution in [-0.2, 0) is 6.54 Å². The first-order chi connectivity index (χ1) is 13.8. The molecule has 28 heavy (non-hydrogen) atoms. The van der Waals surface area contributed by atoms with E-state index in [0.717, 1.165) is 27.5 Å². The molecule has 3 aromatic carbocycles. The van der Waals surface area contributed by atoms with E-state index >= 15 is 0 Å². The molecular formula is C24H20N2O2. The standard InChI is InChI=1S/C24H20N2O2/c1-28-20-9-5-8-18(14-20)24(27)26-15-19-10-11-21(17-6-3-2-4-7-17)22-12-13-25-16-23(19)22/h2-14,16H,15H2,1H3,(H,26,27). The van der Waals surface area contributed by atoms with Crippen LogP contribution in [0.4, 0.5) is 0 Å². The van der Waals surface area contributed by atoms with Crippen LogP contribution in [0.15, 0.2) is 85.2 Å². The number of nitrogens with one attached hydrogen (secondary N) is 1. The third-order valence-electron chi connectivity index (χ3n) is 4.76. The highest BCUT2D eigenvalue weighted by molar-refractivity contribution is 5.99. The van der Waals surface area contributed by atoms with E-state index in [1.54, 1.807) is 25.4 Å². The first kappa shape index (κ1) is 17.7. The molecule has 0 radical (unpaired) electrons. The van der Waals surface area contributed by atoms with Crippen LogP contribution in [0.25, 0.3) is 21.9 Å². The van der Waals surface area contributed by atoms with Crippen LogP contribution in [-0.4, -0.2) is 18.0 Å². The molecule has 4 aromatic rings. The van der Waals surface area contributed by atoms with Crippen LogP contribution < -0.4 is 10.1 Å². The number of hydrogen-bond acceptors (Lipinski definition) is 3. The number of benzene rings is 3. The Morgan fingerprint density at radius 2 is 1.82 bits per heavy atom. The summed E-state index contributed by atoms with van der Waals surface area (Å²) in [6, 6.07) is 23.6. The van der Waals surface area contributed by atoms with Crippen LogP contribution in [0.2, 0.25) is 0 Å². The molecule has 0 bridgehead atoms. The molecule has 0 spiro atoms. The summed E-state index contributed by atoms with van der Waals surface area (Å²) in [5, 5.41) is 5.15. The molecule has 1 N–H and O–H groups in total. The largest absolute Gasteiger partial charge is 0.497 e. The highest BCUT2D eigenvalue weighted by Gasteiger charge is 2.10. The van der Waals surface area contributed by atoms with Crippen molar-refractivity contribution in [2.75, 3.05) is 7.11 Å². The van der Waals surface area contributed by atoms with Crippen LogP contribution in [0.1, 0.15) is 15.9 Å². The highest BCUT2D eigenvalue weighted by Crippen LogP contribution is 2.30. The molecule has 1 amide bonds. The average molecular weight is 368 g/mol. The Labute approximate surface area is 163 Å². The summed E-state index contributed by atoms with van der Waals surface area (Å²) < 4.78 is 5.19. The van der Waals surface area contributed by atoms with Gasteiger partial charge in [0.1, 0.15) is 5.75 Å². The van der Waals surface area contributed by atoms with Gasteiger partial charge in [-0.1, -0.05) is 48.5 Å². The fraction of sp³-hybridized carbons (Fsp3) is 0.0833. The fourth-order valence-electron chi connectivity index (χ4n) is 3.31. The summed E-state index contributed by atoms with van der Waals surface area (Å²) in [7, 11) is 1.59. The number of ether oxygens (including phenoxy) is 1. The first-order valence-corrected chi connectivity index (χ1v) is 9.09. The Morgan fingerprint density at radius 3 is 2.64 bits per heavy atom. The van der Waals surface area contributed by atoms with E-state index in [4.69, 9.17) is 4.74 Å². The minimum atomic E-state index is -0.136. The van der Waals surface area contributed by atoms with Crippen molar-refractivity contribution in [2.45, 2.75) is 6.54 Å². The maximum Gasteiger partial charge on any atom is 0.251 e. The zero-order chi connectivity index (χ0) is 19.3. The maximum atomic E-state index is 12.5. The second-order valence-electron chi connectivity index (χ2n) is 6.47. The number of hydrogen-bond donors (Lipinski definition) is 1. The lowest BCUT2D eigenvalue weighted by Crippen LogP contribution is -2.22. The Bertz CT molecular complexity index is 1120. The van der Waals surface area contributed by atoms with Crippen molar-refractivity contribution in [1.29, 1.82) is 0 Å². The summed E-state index contributed by atoms with van der Waals surface area (Å²) in [5.74, 6) is 0.526. The fourth-order valence-corrected chi connectivity index (χ4v) is 3.31. The molecule has 0 atom stereocenters. The number of carbonyl (C=O) groups is 1. The van der Waals surface area contributed by atoms with E-state index in [0.29, 0.717) is 17.9 Å². The van der Waals surface area contributed by atoms with E-state index in [1.165, 1.54) is 0 Å². The van der Waals surface area contributed by atoms with E-state index < -0.39 is 0 Å². The van der Waals surface area contributed by atoms with Gasteiger partial charge in [-0.25, -0.2) is 0 Å². The van der Waals surface area contributed by atoms with Crippen LogP contribution >= 0.6 is 0 Å². The zero-order valence-electron chi connectivity index (χ0n) is 15.6. The SMILES string of the molecule is COc1cccc(C(=O)NCc2ccc(-c3ccccc3)c3ccncc23)c1. The van der Waals surface area contributed by atoms with Crippen LogP contribution in [0, 0.1) is 0 Å². The molecule has 0 saturated carbocycles. The van der Waals surface area contributed by atoms with E-state index in [-0.39, 0.29) is 5.91 Å². The van der Waals surface area contributed by atoms with Gasteiger partial charge in [0.2, 0.25) is 0 Å². The number of aromatic nitrogens is 1. The highest BCUT2D eigenvalue weighted by atomic mass is 16.5. The lowest BCUT2D eigenvalue weighted by Gasteiger charge is -2.12. The normalized spacial score (nSPS) is 10.6. The summed E-state index contributed by atoms with van der Waals surface area (Å²) >= 11 is 0. The van der Waals surface area contributed by atoms with Gasteiger partial charge in [0.25, 0.3) is 5.91 Å². The topological polar surface area (TPSA) is 51.2 Å². The lowest BCUT2D eigenvalue weighted by atomic mass is 9.96. The molecule has 0 saturated heterocycles. The molecule has 4 rings (SSSR count). The summed E-state index contributed by atoms with van der Waals surface area (Å²) in [4.78, 5) is 16.8. The van der Waals surface area contributed by atoms with Gasteiger partial charge in [0.05, 0.1) is 7.11 Å². The van der Waals surface area contributed by atoms with Crippen molar-refractivity contribution in [3.8, 4) is 16.9 Å². The number of rotatable bonds is 5. The van der Waals surface area contributed by atoms with E-state index in [2.05, 4.69) is 34.6 Å². The van der Waals surface area contributed by atoms with Crippen molar-refractivity contribution in [3.63, 3.8) is 0 Å². The minimum Gasteiger partial charge on any atom is -0.497 e. The molecule has 4 heteroatoms. The number of pyridine rings is 1. The molecule has 0 aliphatic heterocycles. The molecule has 0 aliphatic carbocycles. The van der Waals surface area contributed by atoms with E-state index in [9.17, 15) is 4.79 Å². The molecule has 0 aliphatic rings. The molecule has 0 unspecified atom stereocenters. The van der Waals surface area contributed by atoms with Gasteiger partial charge >= 0.3 is 0 Å². The Morgan fingerprint density at radius 1 is 0.964 bits per heavy atom. The molecular weight excluding hydrogens is 348 g/mol. The van der Waals surface area contributed by atoms with Gasteiger partial charge < -0.3 is 10.1 Å². The molecule has 4 nitrogen and oxygen atoms in total. The summed E-state index contributed by atoms with van der Waals surface area (Å²) in [6.07, 6.45) is 3.65. The predicted octanol–water partition coefficient (Wildman–Crippen LogP) is 4.84. The second kappa shape index (κ2) is 7.92.